The Hall–Kier alpha value is -2.31. The summed E-state index contributed by atoms with van der Waals surface area (Å²) < 4.78 is 21.9. The van der Waals surface area contributed by atoms with E-state index in [9.17, 15) is 9.59 Å². The van der Waals surface area contributed by atoms with Gasteiger partial charge in [0.05, 0.1) is 18.8 Å². The van der Waals surface area contributed by atoms with Crippen molar-refractivity contribution in [2.75, 3.05) is 13.2 Å². The molecule has 1 saturated heterocycles. The maximum absolute atomic E-state index is 12.4. The number of benzene rings is 2. The topological polar surface area (TPSA) is 82.5 Å². The smallest absolute Gasteiger partial charge is 0.330 e. The Balaban J connectivity index is 1.61. The Morgan fingerprint density at radius 2 is 1.69 bits per heavy atom. The number of hydrogen-bond acceptors (Lipinski definition) is 5. The third kappa shape index (κ3) is 5.29. The molecule has 0 radical (unpaired) electrons. The summed E-state index contributed by atoms with van der Waals surface area (Å²) in [5.74, 6) is 0. The van der Waals surface area contributed by atoms with E-state index in [-0.39, 0.29) is 18.3 Å². The number of aromatic nitrogens is 2. The molecule has 184 valence electrons. The highest BCUT2D eigenvalue weighted by Crippen LogP contribution is 2.37. The zero-order chi connectivity index (χ0) is 25.1. The van der Waals surface area contributed by atoms with E-state index in [1.54, 1.807) is 10.2 Å². The fraction of sp³-hybridized carbons (Fsp3) is 0.308. The first-order chi connectivity index (χ1) is 16.8. The van der Waals surface area contributed by atoms with Gasteiger partial charge in [-0.05, 0) is 25.6 Å². The van der Waals surface area contributed by atoms with Gasteiger partial charge in [-0.3, -0.25) is 14.3 Å². The van der Waals surface area contributed by atoms with Crippen LogP contribution in [0.1, 0.15) is 32.6 Å². The van der Waals surface area contributed by atoms with Crippen LogP contribution < -0.4 is 21.6 Å². The molecule has 1 aliphatic heterocycles. The summed E-state index contributed by atoms with van der Waals surface area (Å²) in [6.07, 6.45) is 1.82. The molecule has 35 heavy (non-hydrogen) atoms. The minimum atomic E-state index is -2.74. The van der Waals surface area contributed by atoms with Gasteiger partial charge in [0, 0.05) is 6.20 Å². The quantitative estimate of drug-likeness (QED) is 0.331. The second-order valence-electron chi connectivity index (χ2n) is 9.37. The number of aromatic amines is 1. The molecule has 0 spiro atoms. The van der Waals surface area contributed by atoms with Crippen LogP contribution in [0.25, 0.3) is 6.08 Å². The van der Waals surface area contributed by atoms with Crippen LogP contribution in [0, 0.1) is 0 Å². The molecule has 2 heterocycles. The first kappa shape index (κ1) is 25.8. The normalized spacial score (nSPS) is 18.9. The molecule has 7 nitrogen and oxygen atoms in total. The molecule has 9 heteroatoms. The predicted octanol–water partition coefficient (Wildman–Crippen LogP) is 3.39. The molecule has 1 aromatic heterocycles. The number of nitrogens with zero attached hydrogens (tertiary/aromatic N) is 1. The number of nitrogens with one attached hydrogen (secondary N) is 1. The van der Waals surface area contributed by atoms with E-state index in [1.807, 2.05) is 59.0 Å². The molecule has 0 unspecified atom stereocenters. The summed E-state index contributed by atoms with van der Waals surface area (Å²) in [5, 5.41) is 2.16. The highest BCUT2D eigenvalue weighted by molar-refractivity contribution is 14.1. The van der Waals surface area contributed by atoms with E-state index in [4.69, 9.17) is 13.9 Å². The molecular weight excluding hydrogens is 575 g/mol. The van der Waals surface area contributed by atoms with Crippen molar-refractivity contribution in [2.24, 2.45) is 0 Å². The largest absolute Gasteiger partial charge is 0.402 e. The average molecular weight is 605 g/mol. The zero-order valence-electron chi connectivity index (χ0n) is 19.9. The molecule has 1 N–H and O–H groups in total. The van der Waals surface area contributed by atoms with Crippen LogP contribution in [0.15, 0.2) is 80.5 Å². The molecule has 1 fully saturated rings. The Morgan fingerprint density at radius 3 is 2.23 bits per heavy atom. The minimum absolute atomic E-state index is 0.175. The molecule has 4 rings (SSSR count). The molecule has 3 aromatic rings. The second-order valence-corrected chi connectivity index (χ2v) is 14.4. The summed E-state index contributed by atoms with van der Waals surface area (Å²) in [6.45, 7) is 7.01. The molecule has 0 amide bonds. The van der Waals surface area contributed by atoms with Crippen molar-refractivity contribution in [1.29, 1.82) is 0 Å². The maximum atomic E-state index is 12.4. The lowest BCUT2D eigenvalue weighted by atomic mass is 10.2. The fourth-order valence-corrected chi connectivity index (χ4v) is 9.46. The zero-order valence-corrected chi connectivity index (χ0v) is 23.1. The minimum Gasteiger partial charge on any atom is -0.402 e. The first-order valence-corrected chi connectivity index (χ1v) is 14.6. The highest BCUT2D eigenvalue weighted by Gasteiger charge is 2.50. The number of rotatable bonds is 7. The summed E-state index contributed by atoms with van der Waals surface area (Å²) in [7, 11) is -2.74. The Bertz CT molecular complexity index is 1250. The summed E-state index contributed by atoms with van der Waals surface area (Å²) in [6, 6.07) is 20.7. The lowest BCUT2D eigenvalue weighted by molar-refractivity contribution is -0.0956. The average Bonchev–Trinajstić information content (AvgIpc) is 3.30. The van der Waals surface area contributed by atoms with Crippen LogP contribution in [0.2, 0.25) is 5.04 Å². The molecule has 2 atom stereocenters. The van der Waals surface area contributed by atoms with Gasteiger partial charge in [0.15, 0.2) is 12.5 Å². The van der Waals surface area contributed by atoms with Gasteiger partial charge in [-0.2, -0.15) is 0 Å². The molecule has 2 aromatic carbocycles. The van der Waals surface area contributed by atoms with Gasteiger partial charge in [-0.15, -0.1) is 0 Å². The van der Waals surface area contributed by atoms with Gasteiger partial charge in [-0.1, -0.05) is 104 Å². The van der Waals surface area contributed by atoms with Crippen LogP contribution in [-0.2, 0) is 13.9 Å². The monoisotopic (exact) mass is 604 g/mol. The Labute approximate surface area is 219 Å². The first-order valence-electron chi connectivity index (χ1n) is 11.4. The Morgan fingerprint density at radius 1 is 1.09 bits per heavy atom. The van der Waals surface area contributed by atoms with Gasteiger partial charge in [0.1, 0.15) is 0 Å². The van der Waals surface area contributed by atoms with Crippen molar-refractivity contribution in [2.45, 2.75) is 38.3 Å². The second kappa shape index (κ2) is 10.7. The van der Waals surface area contributed by atoms with E-state index >= 15 is 0 Å². The van der Waals surface area contributed by atoms with Crippen molar-refractivity contribution < 1.29 is 13.9 Å². The van der Waals surface area contributed by atoms with Crippen LogP contribution >= 0.6 is 22.6 Å². The van der Waals surface area contributed by atoms with Crippen molar-refractivity contribution in [3.63, 3.8) is 0 Å². The van der Waals surface area contributed by atoms with Crippen LogP contribution in [0.3, 0.4) is 0 Å². The van der Waals surface area contributed by atoms with Gasteiger partial charge in [0.25, 0.3) is 13.9 Å². The van der Waals surface area contributed by atoms with Gasteiger partial charge < -0.3 is 13.9 Å². The third-order valence-corrected chi connectivity index (χ3v) is 11.5. The number of ether oxygens (including phenoxy) is 2. The van der Waals surface area contributed by atoms with E-state index in [0.717, 1.165) is 0 Å². The summed E-state index contributed by atoms with van der Waals surface area (Å²) in [5.41, 5.74) is -0.609. The van der Waals surface area contributed by atoms with E-state index in [0.29, 0.717) is 5.56 Å². The van der Waals surface area contributed by atoms with Gasteiger partial charge in [-0.25, -0.2) is 4.79 Å². The summed E-state index contributed by atoms with van der Waals surface area (Å²) >= 11 is 2.02. The molecular formula is C26H29IN2O5Si. The van der Waals surface area contributed by atoms with Crippen molar-refractivity contribution in [3.8, 4) is 0 Å². The van der Waals surface area contributed by atoms with E-state index in [1.165, 1.54) is 21.1 Å². The fourth-order valence-electron chi connectivity index (χ4n) is 4.53. The van der Waals surface area contributed by atoms with Crippen molar-refractivity contribution >= 4 is 47.4 Å². The van der Waals surface area contributed by atoms with Crippen LogP contribution in [0.5, 0.6) is 0 Å². The number of H-pyrrole nitrogens is 1. The summed E-state index contributed by atoms with van der Waals surface area (Å²) in [4.78, 5) is 26.8. The number of hydrogen-bond donors (Lipinski definition) is 1. The molecule has 0 bridgehead atoms. The molecule has 1 aliphatic rings. The SMILES string of the molecule is CC(C)(C)[Si](OC[C@H]1OC[C@@H](n2cc(/C=C/I)c(=O)[nH]c2=O)O1)(c1ccccc1)c1ccccc1. The molecule has 0 saturated carbocycles. The maximum Gasteiger partial charge on any atom is 0.330 e. The van der Waals surface area contributed by atoms with Crippen LogP contribution in [-0.4, -0.2) is 37.4 Å². The number of halogens is 1. The van der Waals surface area contributed by atoms with Crippen molar-refractivity contribution in [1.82, 2.24) is 9.55 Å². The van der Waals surface area contributed by atoms with Crippen LogP contribution in [0.4, 0.5) is 0 Å². The lowest BCUT2D eigenvalue weighted by Gasteiger charge is -2.43. The van der Waals surface area contributed by atoms with Gasteiger partial charge >= 0.3 is 5.69 Å². The Kier molecular flexibility index (Phi) is 7.91. The molecule has 0 aliphatic carbocycles. The standard InChI is InChI=1S/C26H29IN2O5Si/c1-26(2,3)35(20-10-6-4-7-11-20,21-12-8-5-9-13-21)33-18-23-32-17-22(34-23)29-16-19(14-15-27)24(30)28-25(29)31/h4-16,22-23H,17-18H2,1-3H3,(H,28,30,31)/b15-14+/t22-,23-/m0/s1. The third-order valence-electron chi connectivity index (χ3n) is 6.13. The van der Waals surface area contributed by atoms with E-state index in [2.05, 4.69) is 50.0 Å². The van der Waals surface area contributed by atoms with E-state index < -0.39 is 32.1 Å². The highest BCUT2D eigenvalue weighted by atomic mass is 127. The van der Waals surface area contributed by atoms with Crippen molar-refractivity contribution in [3.05, 3.63) is 97.3 Å². The lowest BCUT2D eigenvalue weighted by Crippen LogP contribution is -2.67. The van der Waals surface area contributed by atoms with Gasteiger partial charge in [0.2, 0.25) is 0 Å². The predicted molar refractivity (Wildman–Crippen MR) is 148 cm³/mol.